The molecule has 0 spiro atoms. The van der Waals surface area contributed by atoms with Gasteiger partial charge in [-0.3, -0.25) is 29.9 Å². The second-order valence-electron chi connectivity index (χ2n) is 25.2. The summed E-state index contributed by atoms with van der Waals surface area (Å²) in [4.78, 5) is 34.4. The number of benzene rings is 12. The number of rotatable bonds is 6. The van der Waals surface area contributed by atoms with E-state index in [2.05, 4.69) is 333 Å². The molecule has 8 nitrogen and oxygen atoms in total. The van der Waals surface area contributed by atoms with Crippen LogP contribution in [0.15, 0.2) is 353 Å². The van der Waals surface area contributed by atoms with Gasteiger partial charge >= 0.3 is 0 Å². The third kappa shape index (κ3) is 17.3. The summed E-state index contributed by atoms with van der Waals surface area (Å²) in [5.41, 5.74) is 19.2. The van der Waals surface area contributed by atoms with E-state index in [1.165, 1.54) is 115 Å². The molecular formula is C94H76N8. The molecule has 102 heavy (non-hydrogen) atoms. The molecule has 8 heteroatoms. The van der Waals surface area contributed by atoms with Crippen LogP contribution in [0.4, 0.5) is 0 Å². The summed E-state index contributed by atoms with van der Waals surface area (Å²) in [7, 11) is 0. The van der Waals surface area contributed by atoms with Gasteiger partial charge in [0.25, 0.3) is 0 Å². The summed E-state index contributed by atoms with van der Waals surface area (Å²) in [6, 6.07) is 104. The molecular weight excluding hydrogens is 1240 g/mol. The van der Waals surface area contributed by atoms with Crippen LogP contribution in [0.3, 0.4) is 0 Å². The molecule has 0 bridgehead atoms. The van der Waals surface area contributed by atoms with Gasteiger partial charge in [-0.2, -0.15) is 0 Å². The summed E-state index contributed by atoms with van der Waals surface area (Å²) in [6.07, 6.45) is 16.9. The standard InChI is InChI=1S/4C16H13N.2C15H12N2/c1-12-9-14(11-17-10-12)16-8-4-6-13-5-2-3-7-15(13)16;1-12-11-14(9-10-17-12)16-8-4-6-13-5-2-3-7-15(13)16;1-12-6-9-16(17-11-12)15-8-7-13-4-2-3-5-14(13)10-15;1-12-6-7-16(11-17-12)15-9-8-13-4-2-3-5-14(13)10-15;1-11-16-9-15(10-17-11)14-7-6-12-4-2-3-5-13(12)8-14;1-11-9-17-15(10-16-11)14-7-6-12-4-2-3-5-13(12)8-14/h4*2-11H,1H3;2*2-10H,1H3. The van der Waals surface area contributed by atoms with E-state index >= 15 is 0 Å². The van der Waals surface area contributed by atoms with Crippen molar-refractivity contribution in [3.63, 3.8) is 0 Å². The van der Waals surface area contributed by atoms with Crippen molar-refractivity contribution in [3.05, 3.63) is 387 Å². The zero-order valence-electron chi connectivity index (χ0n) is 58.1. The Kier molecular flexibility index (Phi) is 21.5. The van der Waals surface area contributed by atoms with E-state index in [1.54, 1.807) is 6.20 Å². The predicted molar refractivity (Wildman–Crippen MR) is 427 cm³/mol. The van der Waals surface area contributed by atoms with Crippen LogP contribution in [0.5, 0.6) is 0 Å². The lowest BCUT2D eigenvalue weighted by Gasteiger charge is -2.07. The van der Waals surface area contributed by atoms with Gasteiger partial charge in [-0.25, -0.2) is 9.97 Å². The van der Waals surface area contributed by atoms with Crippen molar-refractivity contribution in [2.75, 3.05) is 0 Å². The maximum Gasteiger partial charge on any atom is 0.125 e. The van der Waals surface area contributed by atoms with Gasteiger partial charge in [0.1, 0.15) is 5.82 Å². The molecule has 0 unspecified atom stereocenters. The van der Waals surface area contributed by atoms with Gasteiger partial charge in [0.15, 0.2) is 0 Å². The molecule has 0 saturated heterocycles. The highest BCUT2D eigenvalue weighted by atomic mass is 14.8. The SMILES string of the molecule is Cc1cc(-c2cccc3ccccc23)ccn1.Cc1ccc(-c2ccc3ccccc3c2)cn1.Cc1ccc(-c2ccc3ccccc3c2)nc1.Cc1cnc(-c2ccc3ccccc3c2)cn1.Cc1cncc(-c2cccc3ccccc23)c1.Cc1ncc(-c2ccc3ccccc3c2)cn1. The minimum atomic E-state index is 0.800. The lowest BCUT2D eigenvalue weighted by atomic mass is 9.99. The monoisotopic (exact) mass is 1320 g/mol. The van der Waals surface area contributed by atoms with Crippen molar-refractivity contribution in [3.8, 4) is 67.0 Å². The molecule has 0 amide bonds. The fourth-order valence-electron chi connectivity index (χ4n) is 12.2. The first kappa shape index (κ1) is 67.5. The molecule has 6 heterocycles. The first-order valence-electron chi connectivity index (χ1n) is 34.2. The van der Waals surface area contributed by atoms with E-state index in [-0.39, 0.29) is 0 Å². The maximum atomic E-state index is 4.46. The van der Waals surface area contributed by atoms with Crippen molar-refractivity contribution < 1.29 is 0 Å². The summed E-state index contributed by atoms with van der Waals surface area (Å²) in [6.45, 7) is 12.0. The van der Waals surface area contributed by atoms with E-state index in [4.69, 9.17) is 0 Å². The average Bonchev–Trinajstić information content (AvgIpc) is 0.676. The number of pyridine rings is 4. The Bertz CT molecular complexity index is 5220. The molecule has 18 rings (SSSR count). The van der Waals surface area contributed by atoms with Crippen LogP contribution in [0.2, 0.25) is 0 Å². The lowest BCUT2D eigenvalue weighted by molar-refractivity contribution is 1.06. The Morgan fingerprint density at radius 2 is 0.637 bits per heavy atom. The van der Waals surface area contributed by atoms with Gasteiger partial charge in [-0.1, -0.05) is 243 Å². The molecule has 0 N–H and O–H groups in total. The third-order valence-electron chi connectivity index (χ3n) is 17.6. The van der Waals surface area contributed by atoms with Crippen LogP contribution in [0.25, 0.3) is 132 Å². The molecule has 6 aromatic heterocycles. The van der Waals surface area contributed by atoms with Gasteiger partial charge < -0.3 is 0 Å². The molecule has 0 radical (unpaired) electrons. The first-order chi connectivity index (χ1) is 50.0. The highest BCUT2D eigenvalue weighted by Crippen LogP contribution is 2.32. The molecule has 492 valence electrons. The zero-order chi connectivity index (χ0) is 70.0. The average molecular weight is 1320 g/mol. The molecule has 0 aliphatic heterocycles. The van der Waals surface area contributed by atoms with Gasteiger partial charge in [-0.15, -0.1) is 0 Å². The molecule has 0 aliphatic carbocycles. The molecule has 0 saturated carbocycles. The van der Waals surface area contributed by atoms with Crippen molar-refractivity contribution in [2.24, 2.45) is 0 Å². The van der Waals surface area contributed by atoms with E-state index in [9.17, 15) is 0 Å². The van der Waals surface area contributed by atoms with E-state index in [1.807, 2.05) is 95.5 Å². The fraction of sp³-hybridized carbons (Fsp3) is 0.0638. The van der Waals surface area contributed by atoms with Crippen LogP contribution in [0, 0.1) is 41.5 Å². The van der Waals surface area contributed by atoms with Crippen molar-refractivity contribution >= 4 is 64.6 Å². The summed E-state index contributed by atoms with van der Waals surface area (Å²) in [5, 5.41) is 15.2. The largest absolute Gasteiger partial charge is 0.264 e. The smallest absolute Gasteiger partial charge is 0.125 e. The molecule has 0 fully saturated rings. The lowest BCUT2D eigenvalue weighted by Crippen LogP contribution is -1.87. The number of hydrogen-bond acceptors (Lipinski definition) is 8. The Balaban J connectivity index is 0.000000109. The molecule has 12 aromatic carbocycles. The quantitative estimate of drug-likeness (QED) is 0.162. The van der Waals surface area contributed by atoms with Gasteiger partial charge in [0.2, 0.25) is 0 Å². The summed E-state index contributed by atoms with van der Waals surface area (Å²) < 4.78 is 0. The Labute approximate surface area is 596 Å². The predicted octanol–water partition coefficient (Wildman–Crippen LogP) is 24.1. The number of aryl methyl sites for hydroxylation is 6. The Morgan fingerprint density at radius 3 is 1.13 bits per heavy atom. The molecule has 0 atom stereocenters. The second kappa shape index (κ2) is 32.5. The Hall–Kier alpha value is -13.0. The van der Waals surface area contributed by atoms with Crippen molar-refractivity contribution in [1.82, 2.24) is 39.9 Å². The van der Waals surface area contributed by atoms with Gasteiger partial charge in [0.05, 0.1) is 23.3 Å². The number of nitrogens with zero attached hydrogens (tertiary/aromatic N) is 8. The van der Waals surface area contributed by atoms with E-state index in [0.717, 1.165) is 51.0 Å². The van der Waals surface area contributed by atoms with E-state index in [0.29, 0.717) is 0 Å². The number of fused-ring (bicyclic) bond motifs is 6. The normalized spacial score (nSPS) is 10.6. The first-order valence-corrected chi connectivity index (χ1v) is 34.2. The van der Waals surface area contributed by atoms with Crippen molar-refractivity contribution in [1.29, 1.82) is 0 Å². The zero-order valence-corrected chi connectivity index (χ0v) is 58.1. The minimum absolute atomic E-state index is 0.800. The topological polar surface area (TPSA) is 103 Å². The van der Waals surface area contributed by atoms with Gasteiger partial charge in [-0.05, 0) is 200 Å². The fourth-order valence-corrected chi connectivity index (χ4v) is 12.2. The van der Waals surface area contributed by atoms with Gasteiger partial charge in [0, 0.05) is 88.8 Å². The Morgan fingerprint density at radius 1 is 0.196 bits per heavy atom. The molecule has 18 aromatic rings. The van der Waals surface area contributed by atoms with Crippen molar-refractivity contribution in [2.45, 2.75) is 41.5 Å². The third-order valence-corrected chi connectivity index (χ3v) is 17.6. The number of aromatic nitrogens is 8. The van der Waals surface area contributed by atoms with E-state index < -0.39 is 0 Å². The minimum Gasteiger partial charge on any atom is -0.264 e. The van der Waals surface area contributed by atoms with Crippen LogP contribution in [0.1, 0.15) is 34.0 Å². The highest BCUT2D eigenvalue weighted by molar-refractivity contribution is 5.98. The summed E-state index contributed by atoms with van der Waals surface area (Å²) in [5.74, 6) is 0.800. The highest BCUT2D eigenvalue weighted by Gasteiger charge is 2.08. The maximum absolute atomic E-state index is 4.46. The van der Waals surface area contributed by atoms with Crippen LogP contribution < -0.4 is 0 Å². The number of hydrogen-bond donors (Lipinski definition) is 0. The van der Waals surface area contributed by atoms with Crippen LogP contribution in [-0.4, -0.2) is 39.9 Å². The second-order valence-corrected chi connectivity index (χ2v) is 25.2. The summed E-state index contributed by atoms with van der Waals surface area (Å²) >= 11 is 0. The molecule has 0 aliphatic rings. The van der Waals surface area contributed by atoms with Crippen LogP contribution >= 0.6 is 0 Å². The van der Waals surface area contributed by atoms with Crippen LogP contribution in [-0.2, 0) is 0 Å².